The summed E-state index contributed by atoms with van der Waals surface area (Å²) in [5.74, 6) is -0.458. The molecule has 2 aliphatic rings. The minimum Gasteiger partial charge on any atom is -0.266 e. The molecular weight excluding hydrogens is 398 g/mol. The molecule has 1 fully saturated rings. The molecule has 5 rings (SSSR count). The number of thiophene rings is 1. The number of para-hydroxylation sites is 1. The molecule has 0 saturated heterocycles. The quantitative estimate of drug-likeness (QED) is 0.498. The summed E-state index contributed by atoms with van der Waals surface area (Å²) in [6.07, 6.45) is 7.66. The number of amides is 2. The van der Waals surface area contributed by atoms with Gasteiger partial charge < -0.3 is 0 Å². The highest BCUT2D eigenvalue weighted by atomic mass is 32.1. The zero-order valence-corrected chi connectivity index (χ0v) is 17.4. The molecule has 8 heteroatoms. The van der Waals surface area contributed by atoms with Gasteiger partial charge in [-0.25, -0.2) is 4.68 Å². The fraction of sp³-hybridized carbons (Fsp3) is 0.364. The Bertz CT molecular complexity index is 1060. The van der Waals surface area contributed by atoms with Crippen molar-refractivity contribution in [2.45, 2.75) is 50.9 Å². The normalized spacial score (nSPS) is 15.9. The summed E-state index contributed by atoms with van der Waals surface area (Å²) < 4.78 is 1.73. The number of hydrogen-bond donors (Lipinski definition) is 2. The predicted molar refractivity (Wildman–Crippen MR) is 114 cm³/mol. The van der Waals surface area contributed by atoms with Crippen molar-refractivity contribution in [2.75, 3.05) is 0 Å². The van der Waals surface area contributed by atoms with Crippen molar-refractivity contribution in [2.24, 2.45) is 0 Å². The van der Waals surface area contributed by atoms with Crippen LogP contribution in [0, 0.1) is 0 Å². The summed E-state index contributed by atoms with van der Waals surface area (Å²) >= 11 is 1.53. The number of carbonyl (C=O) groups is 2. The largest absolute Gasteiger partial charge is 0.292 e. The Morgan fingerprint density at radius 1 is 1.00 bits per heavy atom. The second kappa shape index (κ2) is 8.02. The lowest BCUT2D eigenvalue weighted by atomic mass is 10.1. The summed E-state index contributed by atoms with van der Waals surface area (Å²) in [4.78, 5) is 27.3. The zero-order chi connectivity index (χ0) is 20.5. The van der Waals surface area contributed by atoms with Crippen molar-refractivity contribution < 1.29 is 9.59 Å². The van der Waals surface area contributed by atoms with Crippen LogP contribution in [-0.4, -0.2) is 26.8 Å². The molecule has 2 amide bonds. The minimum atomic E-state index is -0.439. The van der Waals surface area contributed by atoms with Gasteiger partial charge in [0.2, 0.25) is 0 Å². The van der Waals surface area contributed by atoms with E-state index in [0.29, 0.717) is 4.88 Å². The third-order valence-electron chi connectivity index (χ3n) is 5.64. The molecule has 0 bridgehead atoms. The van der Waals surface area contributed by atoms with Gasteiger partial charge in [0.05, 0.1) is 16.3 Å². The summed E-state index contributed by atoms with van der Waals surface area (Å²) in [7, 11) is 0. The number of nitrogens with zero attached hydrogens (tertiary/aromatic N) is 3. The molecule has 7 nitrogen and oxygen atoms in total. The lowest BCUT2D eigenvalue weighted by molar-refractivity contribution is 0.0845. The third kappa shape index (κ3) is 3.75. The first-order valence-electron chi connectivity index (χ1n) is 10.4. The van der Waals surface area contributed by atoms with Gasteiger partial charge in [-0.05, 0) is 62.3 Å². The van der Waals surface area contributed by atoms with Crippen LogP contribution in [0.1, 0.15) is 74.3 Å². The molecule has 30 heavy (non-hydrogen) atoms. The second-order valence-electron chi connectivity index (χ2n) is 7.87. The van der Waals surface area contributed by atoms with Gasteiger partial charge >= 0.3 is 0 Å². The smallest absolute Gasteiger partial charge is 0.266 e. The first-order valence-corrected chi connectivity index (χ1v) is 11.3. The van der Waals surface area contributed by atoms with E-state index in [9.17, 15) is 9.59 Å². The van der Waals surface area contributed by atoms with Gasteiger partial charge in [-0.2, -0.15) is 0 Å². The van der Waals surface area contributed by atoms with Crippen LogP contribution in [0.2, 0.25) is 0 Å². The third-order valence-corrected chi connectivity index (χ3v) is 6.88. The van der Waals surface area contributed by atoms with Gasteiger partial charge in [0.15, 0.2) is 5.69 Å². The van der Waals surface area contributed by atoms with E-state index in [1.807, 2.05) is 36.4 Å². The summed E-state index contributed by atoms with van der Waals surface area (Å²) in [5, 5.41) is 8.32. The lowest BCUT2D eigenvalue weighted by Gasteiger charge is -2.08. The van der Waals surface area contributed by atoms with E-state index in [-0.39, 0.29) is 17.5 Å². The highest BCUT2D eigenvalue weighted by Gasteiger charge is 2.34. The molecule has 154 valence electrons. The molecule has 0 aliphatic heterocycles. The molecule has 0 unspecified atom stereocenters. The molecule has 2 aromatic heterocycles. The van der Waals surface area contributed by atoms with Crippen LogP contribution in [0.4, 0.5) is 0 Å². The summed E-state index contributed by atoms with van der Waals surface area (Å²) in [6, 6.07) is 11.6. The van der Waals surface area contributed by atoms with Crippen molar-refractivity contribution in [3.05, 3.63) is 63.1 Å². The van der Waals surface area contributed by atoms with E-state index in [1.165, 1.54) is 41.0 Å². The highest BCUT2D eigenvalue weighted by molar-refractivity contribution is 7.14. The van der Waals surface area contributed by atoms with E-state index in [0.717, 1.165) is 37.1 Å². The van der Waals surface area contributed by atoms with E-state index in [1.54, 1.807) is 4.68 Å². The monoisotopic (exact) mass is 421 g/mol. The van der Waals surface area contributed by atoms with Crippen molar-refractivity contribution in [1.82, 2.24) is 25.8 Å². The van der Waals surface area contributed by atoms with Crippen molar-refractivity contribution in [3.8, 4) is 5.69 Å². The number of fused-ring (bicyclic) bond motifs is 1. The number of aryl methyl sites for hydroxylation is 2. The molecular formula is C22H23N5O2S. The fourth-order valence-electron chi connectivity index (χ4n) is 3.95. The van der Waals surface area contributed by atoms with Crippen LogP contribution in [0.25, 0.3) is 5.69 Å². The van der Waals surface area contributed by atoms with Crippen molar-refractivity contribution in [3.63, 3.8) is 0 Å². The fourth-order valence-corrected chi connectivity index (χ4v) is 5.10. The van der Waals surface area contributed by atoms with Crippen LogP contribution in [0.5, 0.6) is 0 Å². The first kappa shape index (κ1) is 19.0. The SMILES string of the molecule is O=C(NNC(=O)c1nnn(-c2ccccc2)c1C1CC1)c1cc2c(s1)CCCCC2. The van der Waals surface area contributed by atoms with E-state index < -0.39 is 5.91 Å². The molecule has 0 spiro atoms. The molecule has 2 heterocycles. The average molecular weight is 422 g/mol. The Kier molecular flexibility index (Phi) is 5.08. The van der Waals surface area contributed by atoms with Crippen LogP contribution < -0.4 is 10.9 Å². The Balaban J connectivity index is 1.30. The van der Waals surface area contributed by atoms with Crippen LogP contribution >= 0.6 is 11.3 Å². The van der Waals surface area contributed by atoms with Crippen LogP contribution in [0.15, 0.2) is 36.4 Å². The molecule has 3 aromatic rings. The predicted octanol–water partition coefficient (Wildman–Crippen LogP) is 3.55. The molecule has 2 aliphatic carbocycles. The minimum absolute atomic E-state index is 0.267. The van der Waals surface area contributed by atoms with Crippen molar-refractivity contribution >= 4 is 23.2 Å². The Morgan fingerprint density at radius 3 is 2.57 bits per heavy atom. The summed E-state index contributed by atoms with van der Waals surface area (Å²) in [6.45, 7) is 0. The number of carbonyl (C=O) groups excluding carboxylic acids is 2. The number of rotatable bonds is 4. The van der Waals surface area contributed by atoms with Crippen LogP contribution in [0.3, 0.4) is 0 Å². The molecule has 1 aromatic carbocycles. The second-order valence-corrected chi connectivity index (χ2v) is 9.01. The standard InChI is InChI=1S/C22H23N5O2S/c28-21(18-13-15-7-3-1-6-10-17(15)30-18)24-25-22(29)19-20(14-11-12-14)27(26-23-19)16-8-4-2-5-9-16/h2,4-5,8-9,13-14H,1,3,6-7,10-12H2,(H,24,28)(H,25,29). The average Bonchev–Trinajstić information content (AvgIpc) is 3.45. The van der Waals surface area contributed by atoms with Crippen LogP contribution in [-0.2, 0) is 12.8 Å². The number of nitrogens with one attached hydrogen (secondary N) is 2. The Labute approximate surface area is 178 Å². The van der Waals surface area contributed by atoms with Gasteiger partial charge in [0.1, 0.15) is 0 Å². The highest BCUT2D eigenvalue weighted by Crippen LogP contribution is 2.41. The molecule has 0 radical (unpaired) electrons. The Hall–Kier alpha value is -3.00. The zero-order valence-electron chi connectivity index (χ0n) is 16.6. The van der Waals surface area contributed by atoms with E-state index >= 15 is 0 Å². The molecule has 0 atom stereocenters. The number of aromatic nitrogens is 3. The maximum absolute atomic E-state index is 12.8. The number of benzene rings is 1. The van der Waals surface area contributed by atoms with Gasteiger partial charge in [0.25, 0.3) is 11.8 Å². The lowest BCUT2D eigenvalue weighted by Crippen LogP contribution is -2.41. The maximum atomic E-state index is 12.8. The van der Waals surface area contributed by atoms with Gasteiger partial charge in [0, 0.05) is 10.8 Å². The Morgan fingerprint density at radius 2 is 1.77 bits per heavy atom. The van der Waals surface area contributed by atoms with Gasteiger partial charge in [-0.3, -0.25) is 20.4 Å². The maximum Gasteiger partial charge on any atom is 0.292 e. The summed E-state index contributed by atoms with van der Waals surface area (Å²) in [5.41, 5.74) is 8.30. The molecule has 2 N–H and O–H groups in total. The van der Waals surface area contributed by atoms with Gasteiger partial charge in [-0.15, -0.1) is 16.4 Å². The molecule has 1 saturated carbocycles. The van der Waals surface area contributed by atoms with E-state index in [4.69, 9.17) is 0 Å². The topological polar surface area (TPSA) is 88.9 Å². The first-order chi connectivity index (χ1) is 14.7. The number of hydrazine groups is 1. The van der Waals surface area contributed by atoms with E-state index in [2.05, 4.69) is 21.2 Å². The number of hydrogen-bond acceptors (Lipinski definition) is 5. The van der Waals surface area contributed by atoms with Gasteiger partial charge in [-0.1, -0.05) is 29.8 Å². The van der Waals surface area contributed by atoms with Crippen molar-refractivity contribution in [1.29, 1.82) is 0 Å².